The second-order valence-corrected chi connectivity index (χ2v) is 5.57. The normalized spacial score (nSPS) is 21.6. The van der Waals surface area contributed by atoms with Gasteiger partial charge in [-0.1, -0.05) is 39.5 Å². The van der Waals surface area contributed by atoms with Crippen molar-refractivity contribution in [3.05, 3.63) is 0 Å². The van der Waals surface area contributed by atoms with E-state index in [0.717, 1.165) is 18.9 Å². The molecule has 0 N–H and O–H groups in total. The standard InChI is InChI=1S/C14H28O2/c1-11(2)9-14(16-4)13(10-15-3)12-7-5-6-8-12/h11-14H,5-10H2,1-4H3. The second kappa shape index (κ2) is 7.29. The minimum Gasteiger partial charge on any atom is -0.384 e. The highest BCUT2D eigenvalue weighted by atomic mass is 16.5. The Hall–Kier alpha value is -0.0800. The molecule has 0 aromatic carbocycles. The average Bonchev–Trinajstić information content (AvgIpc) is 2.76. The van der Waals surface area contributed by atoms with Gasteiger partial charge in [0.15, 0.2) is 0 Å². The lowest BCUT2D eigenvalue weighted by molar-refractivity contribution is -0.0209. The molecule has 2 unspecified atom stereocenters. The zero-order chi connectivity index (χ0) is 12.0. The predicted octanol–water partition coefficient (Wildman–Crippen LogP) is 3.50. The van der Waals surface area contributed by atoms with E-state index in [-0.39, 0.29) is 0 Å². The summed E-state index contributed by atoms with van der Waals surface area (Å²) >= 11 is 0. The van der Waals surface area contributed by atoms with Gasteiger partial charge in [-0.2, -0.15) is 0 Å². The molecule has 0 aromatic heterocycles. The van der Waals surface area contributed by atoms with Crippen LogP contribution in [0.15, 0.2) is 0 Å². The van der Waals surface area contributed by atoms with Crippen molar-refractivity contribution in [3.8, 4) is 0 Å². The molecule has 0 saturated heterocycles. The van der Waals surface area contributed by atoms with E-state index < -0.39 is 0 Å². The van der Waals surface area contributed by atoms with Gasteiger partial charge in [0.2, 0.25) is 0 Å². The summed E-state index contributed by atoms with van der Waals surface area (Å²) in [5.74, 6) is 2.12. The van der Waals surface area contributed by atoms with E-state index in [0.29, 0.717) is 17.9 Å². The predicted molar refractivity (Wildman–Crippen MR) is 67.6 cm³/mol. The third kappa shape index (κ3) is 4.06. The molecule has 0 heterocycles. The van der Waals surface area contributed by atoms with Crippen LogP contribution in [0.1, 0.15) is 46.0 Å². The molecule has 96 valence electrons. The topological polar surface area (TPSA) is 18.5 Å². The summed E-state index contributed by atoms with van der Waals surface area (Å²) in [4.78, 5) is 0. The van der Waals surface area contributed by atoms with Crippen molar-refractivity contribution in [1.82, 2.24) is 0 Å². The largest absolute Gasteiger partial charge is 0.384 e. The number of methoxy groups -OCH3 is 2. The lowest BCUT2D eigenvalue weighted by Gasteiger charge is -2.31. The summed E-state index contributed by atoms with van der Waals surface area (Å²) in [6.45, 7) is 5.39. The molecule has 1 aliphatic carbocycles. The van der Waals surface area contributed by atoms with Crippen molar-refractivity contribution >= 4 is 0 Å². The van der Waals surface area contributed by atoms with Crippen molar-refractivity contribution in [2.45, 2.75) is 52.1 Å². The number of hydrogen-bond donors (Lipinski definition) is 0. The Balaban J connectivity index is 2.57. The zero-order valence-corrected chi connectivity index (χ0v) is 11.4. The summed E-state index contributed by atoms with van der Waals surface area (Å²) < 4.78 is 11.1. The summed E-state index contributed by atoms with van der Waals surface area (Å²) in [7, 11) is 3.66. The van der Waals surface area contributed by atoms with Crippen LogP contribution in [-0.2, 0) is 9.47 Å². The summed E-state index contributed by atoms with van der Waals surface area (Å²) in [5, 5.41) is 0. The molecular formula is C14H28O2. The van der Waals surface area contributed by atoms with Crippen LogP contribution in [0, 0.1) is 17.8 Å². The summed E-state index contributed by atoms with van der Waals surface area (Å²) in [5.41, 5.74) is 0. The van der Waals surface area contributed by atoms with Gasteiger partial charge in [0.05, 0.1) is 12.7 Å². The molecule has 1 saturated carbocycles. The van der Waals surface area contributed by atoms with Gasteiger partial charge < -0.3 is 9.47 Å². The van der Waals surface area contributed by atoms with Crippen LogP contribution < -0.4 is 0 Å². The Bertz CT molecular complexity index is 174. The molecule has 0 aliphatic heterocycles. The Morgan fingerprint density at radius 2 is 1.75 bits per heavy atom. The molecule has 16 heavy (non-hydrogen) atoms. The van der Waals surface area contributed by atoms with E-state index in [1.807, 2.05) is 14.2 Å². The van der Waals surface area contributed by atoms with Crippen molar-refractivity contribution < 1.29 is 9.47 Å². The fourth-order valence-electron chi connectivity index (χ4n) is 3.04. The van der Waals surface area contributed by atoms with E-state index in [2.05, 4.69) is 13.8 Å². The van der Waals surface area contributed by atoms with E-state index in [4.69, 9.17) is 9.47 Å². The third-order valence-electron chi connectivity index (χ3n) is 3.85. The van der Waals surface area contributed by atoms with Crippen LogP contribution >= 0.6 is 0 Å². The fourth-order valence-corrected chi connectivity index (χ4v) is 3.04. The van der Waals surface area contributed by atoms with Gasteiger partial charge in [0.25, 0.3) is 0 Å². The lowest BCUT2D eigenvalue weighted by atomic mass is 9.83. The van der Waals surface area contributed by atoms with Gasteiger partial charge in [-0.15, -0.1) is 0 Å². The average molecular weight is 228 g/mol. The molecule has 1 rings (SSSR count). The van der Waals surface area contributed by atoms with Gasteiger partial charge in [0, 0.05) is 20.1 Å². The highest BCUT2D eigenvalue weighted by Crippen LogP contribution is 2.35. The van der Waals surface area contributed by atoms with Crippen LogP contribution in [0.2, 0.25) is 0 Å². The number of rotatable bonds is 7. The fraction of sp³-hybridized carbons (Fsp3) is 1.00. The van der Waals surface area contributed by atoms with E-state index in [9.17, 15) is 0 Å². The lowest BCUT2D eigenvalue weighted by Crippen LogP contribution is -2.33. The zero-order valence-electron chi connectivity index (χ0n) is 11.4. The molecule has 2 nitrogen and oxygen atoms in total. The third-order valence-corrected chi connectivity index (χ3v) is 3.85. The van der Waals surface area contributed by atoms with Crippen molar-refractivity contribution in [2.75, 3.05) is 20.8 Å². The van der Waals surface area contributed by atoms with E-state index in [1.165, 1.54) is 25.7 Å². The van der Waals surface area contributed by atoms with Crippen LogP contribution in [0.25, 0.3) is 0 Å². The maximum Gasteiger partial charge on any atom is 0.0626 e. The molecule has 0 aromatic rings. The number of hydrogen-bond acceptors (Lipinski definition) is 2. The van der Waals surface area contributed by atoms with Gasteiger partial charge in [-0.05, 0) is 18.3 Å². The van der Waals surface area contributed by atoms with Crippen LogP contribution in [0.3, 0.4) is 0 Å². The Kier molecular flexibility index (Phi) is 6.37. The highest BCUT2D eigenvalue weighted by molar-refractivity contribution is 4.81. The van der Waals surface area contributed by atoms with E-state index in [1.54, 1.807) is 0 Å². The molecule has 0 radical (unpaired) electrons. The first-order valence-electron chi connectivity index (χ1n) is 6.70. The Morgan fingerprint density at radius 3 is 2.19 bits per heavy atom. The van der Waals surface area contributed by atoms with Crippen LogP contribution in [0.5, 0.6) is 0 Å². The Labute approximate surface area is 101 Å². The molecule has 2 atom stereocenters. The first-order chi connectivity index (χ1) is 7.69. The van der Waals surface area contributed by atoms with Gasteiger partial charge in [-0.25, -0.2) is 0 Å². The Morgan fingerprint density at radius 1 is 1.12 bits per heavy atom. The first-order valence-corrected chi connectivity index (χ1v) is 6.70. The monoisotopic (exact) mass is 228 g/mol. The number of ether oxygens (including phenoxy) is 2. The first kappa shape index (κ1) is 14.0. The minimum atomic E-state index is 0.378. The molecule has 1 aliphatic rings. The summed E-state index contributed by atoms with van der Waals surface area (Å²) in [6.07, 6.45) is 7.05. The SMILES string of the molecule is COCC(C1CCCC1)C(CC(C)C)OC. The van der Waals surface area contributed by atoms with Gasteiger partial charge in [-0.3, -0.25) is 0 Å². The van der Waals surface area contributed by atoms with Crippen molar-refractivity contribution in [2.24, 2.45) is 17.8 Å². The second-order valence-electron chi connectivity index (χ2n) is 5.57. The molecule has 0 spiro atoms. The van der Waals surface area contributed by atoms with Crippen molar-refractivity contribution in [3.63, 3.8) is 0 Å². The maximum atomic E-state index is 5.71. The molecular weight excluding hydrogens is 200 g/mol. The maximum absolute atomic E-state index is 5.71. The molecule has 0 amide bonds. The van der Waals surface area contributed by atoms with E-state index >= 15 is 0 Å². The highest BCUT2D eigenvalue weighted by Gasteiger charge is 2.31. The summed E-state index contributed by atoms with van der Waals surface area (Å²) in [6, 6.07) is 0. The van der Waals surface area contributed by atoms with Crippen molar-refractivity contribution in [1.29, 1.82) is 0 Å². The molecule has 1 fully saturated rings. The molecule has 0 bridgehead atoms. The molecule has 2 heteroatoms. The quantitative estimate of drug-likeness (QED) is 0.664. The van der Waals surface area contributed by atoms with Gasteiger partial charge >= 0.3 is 0 Å². The van der Waals surface area contributed by atoms with Crippen LogP contribution in [0.4, 0.5) is 0 Å². The van der Waals surface area contributed by atoms with Crippen LogP contribution in [-0.4, -0.2) is 26.9 Å². The van der Waals surface area contributed by atoms with Gasteiger partial charge in [0.1, 0.15) is 0 Å². The smallest absolute Gasteiger partial charge is 0.0626 e. The minimum absolute atomic E-state index is 0.378.